The predicted molar refractivity (Wildman–Crippen MR) is 108 cm³/mol. The maximum Gasteiger partial charge on any atom is 0.191 e. The molecular formula is C21H30N4O2. The number of rotatable bonds is 7. The first-order chi connectivity index (χ1) is 13.2. The van der Waals surface area contributed by atoms with Gasteiger partial charge in [-0.3, -0.25) is 9.89 Å². The highest BCUT2D eigenvalue weighted by Crippen LogP contribution is 2.24. The summed E-state index contributed by atoms with van der Waals surface area (Å²) in [6, 6.07) is 10.4. The molecule has 2 heterocycles. The molecule has 1 saturated heterocycles. The Morgan fingerprint density at radius 2 is 2.07 bits per heavy atom. The summed E-state index contributed by atoms with van der Waals surface area (Å²) in [6.45, 7) is 5.75. The molecule has 0 bridgehead atoms. The highest BCUT2D eigenvalue weighted by molar-refractivity contribution is 5.79. The number of guanidine groups is 1. The molecular weight excluding hydrogens is 340 g/mol. The van der Waals surface area contributed by atoms with E-state index in [1.54, 1.807) is 20.4 Å². The van der Waals surface area contributed by atoms with Crippen molar-refractivity contribution >= 4 is 5.96 Å². The molecule has 1 aromatic carbocycles. The van der Waals surface area contributed by atoms with Crippen molar-refractivity contribution in [2.24, 2.45) is 4.99 Å². The van der Waals surface area contributed by atoms with Gasteiger partial charge in [0, 0.05) is 20.1 Å². The molecule has 1 atom stereocenters. The van der Waals surface area contributed by atoms with E-state index in [0.29, 0.717) is 6.54 Å². The molecule has 6 nitrogen and oxygen atoms in total. The van der Waals surface area contributed by atoms with Crippen molar-refractivity contribution in [2.75, 3.05) is 33.8 Å². The van der Waals surface area contributed by atoms with Crippen LogP contribution in [0, 0.1) is 6.92 Å². The van der Waals surface area contributed by atoms with Gasteiger partial charge < -0.3 is 19.8 Å². The van der Waals surface area contributed by atoms with E-state index in [0.717, 1.165) is 42.7 Å². The second-order valence-electron chi connectivity index (χ2n) is 6.88. The molecule has 1 aliphatic rings. The lowest BCUT2D eigenvalue weighted by molar-refractivity contribution is 0.215. The fourth-order valence-corrected chi connectivity index (χ4v) is 3.59. The van der Waals surface area contributed by atoms with E-state index in [9.17, 15) is 0 Å². The molecule has 6 heteroatoms. The third-order valence-electron chi connectivity index (χ3n) is 5.06. The van der Waals surface area contributed by atoms with Crippen molar-refractivity contribution in [3.63, 3.8) is 0 Å². The lowest BCUT2D eigenvalue weighted by Crippen LogP contribution is -2.42. The van der Waals surface area contributed by atoms with Gasteiger partial charge in [-0.05, 0) is 62.2 Å². The number of methoxy groups -OCH3 is 1. The minimum absolute atomic E-state index is 0.226. The normalized spacial score (nSPS) is 16.3. The Morgan fingerprint density at radius 1 is 1.26 bits per heavy atom. The molecule has 2 aromatic rings. The number of nitrogens with one attached hydrogen (secondary N) is 2. The molecule has 0 spiro atoms. The molecule has 3 rings (SSSR count). The molecule has 1 aliphatic heterocycles. The van der Waals surface area contributed by atoms with E-state index in [2.05, 4.69) is 45.6 Å². The van der Waals surface area contributed by atoms with E-state index in [1.165, 1.54) is 18.4 Å². The summed E-state index contributed by atoms with van der Waals surface area (Å²) >= 11 is 0. The number of hydrogen-bond acceptors (Lipinski definition) is 4. The number of aryl methyl sites for hydroxylation is 1. The number of ether oxygens (including phenoxy) is 1. The van der Waals surface area contributed by atoms with Gasteiger partial charge >= 0.3 is 0 Å². The molecule has 0 radical (unpaired) electrons. The number of likely N-dealkylation sites (tertiary alicyclic amines) is 1. The second-order valence-corrected chi connectivity index (χ2v) is 6.88. The van der Waals surface area contributed by atoms with E-state index in [1.807, 2.05) is 12.1 Å². The third-order valence-corrected chi connectivity index (χ3v) is 5.06. The van der Waals surface area contributed by atoms with Crippen LogP contribution in [-0.2, 0) is 6.54 Å². The zero-order valence-electron chi connectivity index (χ0n) is 16.5. The monoisotopic (exact) mass is 370 g/mol. The molecule has 1 fully saturated rings. The van der Waals surface area contributed by atoms with Gasteiger partial charge in [0.2, 0.25) is 0 Å². The van der Waals surface area contributed by atoms with Gasteiger partial charge in [0.15, 0.2) is 5.96 Å². The first-order valence-electron chi connectivity index (χ1n) is 9.56. The molecule has 27 heavy (non-hydrogen) atoms. The van der Waals surface area contributed by atoms with E-state index >= 15 is 0 Å². The number of hydrogen-bond donors (Lipinski definition) is 2. The van der Waals surface area contributed by atoms with Crippen molar-refractivity contribution in [3.05, 3.63) is 53.5 Å². The zero-order chi connectivity index (χ0) is 19.1. The summed E-state index contributed by atoms with van der Waals surface area (Å²) in [7, 11) is 3.49. The number of furan rings is 1. The minimum atomic E-state index is 0.226. The van der Waals surface area contributed by atoms with Gasteiger partial charge in [-0.15, -0.1) is 0 Å². The van der Waals surface area contributed by atoms with E-state index in [4.69, 9.17) is 9.15 Å². The van der Waals surface area contributed by atoms with E-state index in [-0.39, 0.29) is 6.04 Å². The average Bonchev–Trinajstić information content (AvgIpc) is 3.39. The standard InChI is InChI=1S/C21H30N4O2/c1-16-13-17(8-9-19(16)26-3)14-23-21(22-2)24-15-18(20-7-6-12-27-20)25-10-4-5-11-25/h6-9,12-13,18H,4-5,10-11,14-15H2,1-3H3,(H2,22,23,24). The summed E-state index contributed by atoms with van der Waals surface area (Å²) in [5.74, 6) is 2.71. The SMILES string of the molecule is CN=C(NCc1ccc(OC)c(C)c1)NCC(c1ccco1)N1CCCC1. The molecule has 0 aliphatic carbocycles. The maximum absolute atomic E-state index is 5.68. The predicted octanol–water partition coefficient (Wildman–Crippen LogP) is 3.10. The first kappa shape index (κ1) is 19.3. The summed E-state index contributed by atoms with van der Waals surface area (Å²) in [4.78, 5) is 6.84. The molecule has 146 valence electrons. The van der Waals surface area contributed by atoms with Crippen molar-refractivity contribution < 1.29 is 9.15 Å². The Bertz CT molecular complexity index is 737. The van der Waals surface area contributed by atoms with Crippen LogP contribution in [0.5, 0.6) is 5.75 Å². The van der Waals surface area contributed by atoms with Gasteiger partial charge in [0.1, 0.15) is 11.5 Å². The van der Waals surface area contributed by atoms with Crippen LogP contribution in [0.4, 0.5) is 0 Å². The van der Waals surface area contributed by atoms with Crippen LogP contribution in [0.2, 0.25) is 0 Å². The van der Waals surface area contributed by atoms with Gasteiger partial charge in [-0.25, -0.2) is 0 Å². The Hall–Kier alpha value is -2.47. The Balaban J connectivity index is 1.57. The van der Waals surface area contributed by atoms with Crippen molar-refractivity contribution in [1.29, 1.82) is 0 Å². The Kier molecular flexibility index (Phi) is 6.76. The van der Waals surface area contributed by atoms with Gasteiger partial charge in [0.25, 0.3) is 0 Å². The molecule has 1 aromatic heterocycles. The molecule has 0 amide bonds. The lowest BCUT2D eigenvalue weighted by Gasteiger charge is -2.26. The van der Waals surface area contributed by atoms with Crippen molar-refractivity contribution in [2.45, 2.75) is 32.4 Å². The van der Waals surface area contributed by atoms with Crippen LogP contribution in [0.1, 0.15) is 35.8 Å². The fourth-order valence-electron chi connectivity index (χ4n) is 3.59. The van der Waals surface area contributed by atoms with Crippen LogP contribution in [0.3, 0.4) is 0 Å². The van der Waals surface area contributed by atoms with Crippen LogP contribution in [-0.4, -0.2) is 44.7 Å². The quantitative estimate of drug-likeness (QED) is 0.579. The van der Waals surface area contributed by atoms with Gasteiger partial charge in [-0.1, -0.05) is 12.1 Å². The van der Waals surface area contributed by atoms with Crippen LogP contribution in [0.15, 0.2) is 46.0 Å². The van der Waals surface area contributed by atoms with Gasteiger partial charge in [-0.2, -0.15) is 0 Å². The molecule has 2 N–H and O–H groups in total. The Morgan fingerprint density at radius 3 is 2.70 bits per heavy atom. The first-order valence-corrected chi connectivity index (χ1v) is 9.56. The topological polar surface area (TPSA) is 62.0 Å². The highest BCUT2D eigenvalue weighted by atomic mass is 16.5. The van der Waals surface area contributed by atoms with Crippen LogP contribution < -0.4 is 15.4 Å². The lowest BCUT2D eigenvalue weighted by atomic mass is 10.1. The maximum atomic E-state index is 5.68. The minimum Gasteiger partial charge on any atom is -0.496 e. The average molecular weight is 370 g/mol. The molecule has 0 saturated carbocycles. The summed E-state index contributed by atoms with van der Waals surface area (Å²) in [5, 5.41) is 6.85. The van der Waals surface area contributed by atoms with Crippen LogP contribution in [0.25, 0.3) is 0 Å². The van der Waals surface area contributed by atoms with E-state index < -0.39 is 0 Å². The summed E-state index contributed by atoms with van der Waals surface area (Å²) in [6.07, 6.45) is 4.25. The van der Waals surface area contributed by atoms with Crippen molar-refractivity contribution in [1.82, 2.24) is 15.5 Å². The highest BCUT2D eigenvalue weighted by Gasteiger charge is 2.25. The Labute approximate surface area is 161 Å². The largest absolute Gasteiger partial charge is 0.496 e. The number of benzene rings is 1. The smallest absolute Gasteiger partial charge is 0.191 e. The fraction of sp³-hybridized carbons (Fsp3) is 0.476. The summed E-state index contributed by atoms with van der Waals surface area (Å²) < 4.78 is 11.0. The third kappa shape index (κ3) is 5.04. The van der Waals surface area contributed by atoms with Gasteiger partial charge in [0.05, 0.1) is 19.4 Å². The number of aliphatic imine (C=N–C) groups is 1. The molecule has 1 unspecified atom stereocenters. The van der Waals surface area contributed by atoms with Crippen LogP contribution >= 0.6 is 0 Å². The van der Waals surface area contributed by atoms with Crippen molar-refractivity contribution in [3.8, 4) is 5.75 Å². The zero-order valence-corrected chi connectivity index (χ0v) is 16.5. The summed E-state index contributed by atoms with van der Waals surface area (Å²) in [5.41, 5.74) is 2.32. The second kappa shape index (κ2) is 9.46. The number of nitrogens with zero attached hydrogens (tertiary/aromatic N) is 2.